The first-order valence-corrected chi connectivity index (χ1v) is 5.30. The second kappa shape index (κ2) is 4.78. The molecular formula is C13H15NO. The fourth-order valence-electron chi connectivity index (χ4n) is 1.86. The maximum Gasteiger partial charge on any atom is 0.135 e. The lowest BCUT2D eigenvalue weighted by Crippen LogP contribution is -2.12. The van der Waals surface area contributed by atoms with E-state index in [9.17, 15) is 0 Å². The van der Waals surface area contributed by atoms with Crippen LogP contribution in [0.1, 0.15) is 24.0 Å². The van der Waals surface area contributed by atoms with Gasteiger partial charge in [-0.05, 0) is 24.8 Å². The van der Waals surface area contributed by atoms with Gasteiger partial charge in [-0.1, -0.05) is 42.1 Å². The van der Waals surface area contributed by atoms with Crippen LogP contribution in [0.2, 0.25) is 0 Å². The summed E-state index contributed by atoms with van der Waals surface area (Å²) in [6.07, 6.45) is 5.02. The van der Waals surface area contributed by atoms with E-state index in [0.29, 0.717) is 6.61 Å². The van der Waals surface area contributed by atoms with Gasteiger partial charge in [0.25, 0.3) is 0 Å². The zero-order valence-corrected chi connectivity index (χ0v) is 8.78. The molecule has 2 rings (SSSR count). The van der Waals surface area contributed by atoms with Crippen LogP contribution in [0.25, 0.3) is 0 Å². The summed E-state index contributed by atoms with van der Waals surface area (Å²) in [5, 5.41) is 4.16. The van der Waals surface area contributed by atoms with Crippen molar-refractivity contribution < 1.29 is 4.84 Å². The molecular weight excluding hydrogens is 186 g/mol. The Bertz CT molecular complexity index is 382. The third-order valence-electron chi connectivity index (χ3n) is 2.56. The van der Waals surface area contributed by atoms with Crippen LogP contribution in [-0.2, 0) is 11.3 Å². The third kappa shape index (κ3) is 2.27. The van der Waals surface area contributed by atoms with Crippen molar-refractivity contribution in [1.82, 2.24) is 0 Å². The highest BCUT2D eigenvalue weighted by Crippen LogP contribution is 2.21. The Labute approximate surface area is 90.3 Å². The first-order valence-electron chi connectivity index (χ1n) is 5.30. The Morgan fingerprint density at radius 3 is 3.07 bits per heavy atom. The summed E-state index contributed by atoms with van der Waals surface area (Å²) in [5.74, 6) is 0. The van der Waals surface area contributed by atoms with Crippen LogP contribution in [0.3, 0.4) is 0 Å². The number of fused-ring (bicyclic) bond motifs is 1. The number of benzene rings is 1. The van der Waals surface area contributed by atoms with Gasteiger partial charge in [-0.2, -0.15) is 0 Å². The molecule has 0 saturated carbocycles. The molecule has 1 aromatic rings. The molecule has 1 aliphatic rings. The van der Waals surface area contributed by atoms with Crippen molar-refractivity contribution in [2.45, 2.75) is 19.3 Å². The first-order chi connectivity index (χ1) is 7.42. The van der Waals surface area contributed by atoms with Crippen LogP contribution in [0.4, 0.5) is 0 Å². The summed E-state index contributed by atoms with van der Waals surface area (Å²) in [5.41, 5.74) is 3.69. The predicted molar refractivity (Wildman–Crippen MR) is 62.1 cm³/mol. The van der Waals surface area contributed by atoms with Crippen molar-refractivity contribution in [3.05, 3.63) is 48.0 Å². The highest BCUT2D eigenvalue weighted by molar-refractivity contribution is 6.02. The number of hydrogen-bond donors (Lipinski definition) is 0. The molecule has 0 aromatic heterocycles. The lowest BCUT2D eigenvalue weighted by molar-refractivity contribution is 0.174. The van der Waals surface area contributed by atoms with E-state index in [0.717, 1.165) is 25.0 Å². The number of aryl methyl sites for hydroxylation is 1. The highest BCUT2D eigenvalue weighted by atomic mass is 16.6. The summed E-state index contributed by atoms with van der Waals surface area (Å²) in [6.45, 7) is 4.07. The largest absolute Gasteiger partial charge is 0.391 e. The van der Waals surface area contributed by atoms with Gasteiger partial charge in [0.15, 0.2) is 0 Å². The topological polar surface area (TPSA) is 21.6 Å². The van der Waals surface area contributed by atoms with Crippen LogP contribution in [0.5, 0.6) is 0 Å². The van der Waals surface area contributed by atoms with Crippen molar-refractivity contribution in [2.24, 2.45) is 5.16 Å². The predicted octanol–water partition coefficient (Wildman–Crippen LogP) is 2.93. The van der Waals surface area contributed by atoms with Gasteiger partial charge in [0.05, 0.1) is 5.71 Å². The lowest BCUT2D eigenvalue weighted by atomic mass is 9.90. The molecule has 1 aromatic carbocycles. The number of oxime groups is 1. The van der Waals surface area contributed by atoms with E-state index in [-0.39, 0.29) is 0 Å². The first kappa shape index (κ1) is 9.97. The Morgan fingerprint density at radius 2 is 2.20 bits per heavy atom. The summed E-state index contributed by atoms with van der Waals surface area (Å²) >= 11 is 0. The van der Waals surface area contributed by atoms with E-state index < -0.39 is 0 Å². The Morgan fingerprint density at radius 1 is 1.33 bits per heavy atom. The third-order valence-corrected chi connectivity index (χ3v) is 2.56. The molecule has 0 amide bonds. The van der Waals surface area contributed by atoms with Crippen molar-refractivity contribution in [2.75, 3.05) is 6.61 Å². The number of rotatable bonds is 3. The molecule has 0 unspecified atom stereocenters. The molecule has 0 heterocycles. The van der Waals surface area contributed by atoms with Gasteiger partial charge in [-0.15, -0.1) is 0 Å². The minimum Gasteiger partial charge on any atom is -0.391 e. The van der Waals surface area contributed by atoms with Gasteiger partial charge in [-0.25, -0.2) is 0 Å². The van der Waals surface area contributed by atoms with Crippen LogP contribution in [-0.4, -0.2) is 12.3 Å². The summed E-state index contributed by atoms with van der Waals surface area (Å²) < 4.78 is 0. The van der Waals surface area contributed by atoms with Crippen LogP contribution < -0.4 is 0 Å². The fourth-order valence-corrected chi connectivity index (χ4v) is 1.86. The molecule has 0 aliphatic heterocycles. The van der Waals surface area contributed by atoms with Gasteiger partial charge < -0.3 is 4.84 Å². The standard InChI is InChI=1S/C13H15NO/c1-2-10-15-14-13-9-5-7-11-6-3-4-8-12(11)13/h2-4,6,8H,1,5,7,9-10H2. The highest BCUT2D eigenvalue weighted by Gasteiger charge is 2.14. The Hall–Kier alpha value is -1.57. The van der Waals surface area contributed by atoms with Gasteiger partial charge in [0, 0.05) is 5.56 Å². The average molecular weight is 201 g/mol. The Balaban J connectivity index is 2.21. The van der Waals surface area contributed by atoms with E-state index >= 15 is 0 Å². The molecule has 15 heavy (non-hydrogen) atoms. The molecule has 0 N–H and O–H groups in total. The molecule has 0 fully saturated rings. The summed E-state index contributed by atoms with van der Waals surface area (Å²) in [7, 11) is 0. The lowest BCUT2D eigenvalue weighted by Gasteiger charge is -2.16. The molecule has 0 spiro atoms. The van der Waals surface area contributed by atoms with E-state index in [1.165, 1.54) is 11.1 Å². The van der Waals surface area contributed by atoms with Crippen LogP contribution >= 0.6 is 0 Å². The van der Waals surface area contributed by atoms with Gasteiger partial charge >= 0.3 is 0 Å². The Kier molecular flexibility index (Phi) is 3.18. The van der Waals surface area contributed by atoms with E-state index in [2.05, 4.69) is 29.9 Å². The molecule has 0 bridgehead atoms. The summed E-state index contributed by atoms with van der Waals surface area (Å²) in [4.78, 5) is 5.15. The fraction of sp³-hybridized carbons (Fsp3) is 0.308. The second-order valence-corrected chi connectivity index (χ2v) is 3.63. The molecule has 0 radical (unpaired) electrons. The maximum atomic E-state index is 5.15. The van der Waals surface area contributed by atoms with Crippen molar-refractivity contribution >= 4 is 5.71 Å². The molecule has 2 nitrogen and oxygen atoms in total. The molecule has 2 heteroatoms. The van der Waals surface area contributed by atoms with Gasteiger partial charge in [0.1, 0.15) is 6.61 Å². The average Bonchev–Trinajstić information content (AvgIpc) is 2.30. The smallest absolute Gasteiger partial charge is 0.135 e. The normalized spacial score (nSPS) is 17.2. The van der Waals surface area contributed by atoms with Gasteiger partial charge in [0.2, 0.25) is 0 Å². The van der Waals surface area contributed by atoms with Crippen molar-refractivity contribution in [1.29, 1.82) is 0 Å². The SMILES string of the molecule is C=CCON=C1CCCc2ccccc21. The van der Waals surface area contributed by atoms with Crippen LogP contribution in [0, 0.1) is 0 Å². The van der Waals surface area contributed by atoms with Gasteiger partial charge in [-0.3, -0.25) is 0 Å². The van der Waals surface area contributed by atoms with E-state index in [1.54, 1.807) is 6.08 Å². The van der Waals surface area contributed by atoms with E-state index in [4.69, 9.17) is 4.84 Å². The van der Waals surface area contributed by atoms with E-state index in [1.807, 2.05) is 6.07 Å². The maximum absolute atomic E-state index is 5.15. The number of hydrogen-bond acceptors (Lipinski definition) is 2. The zero-order chi connectivity index (χ0) is 10.5. The molecule has 1 aliphatic carbocycles. The molecule has 0 atom stereocenters. The number of nitrogens with zero attached hydrogens (tertiary/aromatic N) is 1. The summed E-state index contributed by atoms with van der Waals surface area (Å²) in [6, 6.07) is 8.40. The quantitative estimate of drug-likeness (QED) is 0.418. The zero-order valence-electron chi connectivity index (χ0n) is 8.78. The van der Waals surface area contributed by atoms with Crippen molar-refractivity contribution in [3.63, 3.8) is 0 Å². The molecule has 78 valence electrons. The second-order valence-electron chi connectivity index (χ2n) is 3.63. The molecule has 0 saturated heterocycles. The van der Waals surface area contributed by atoms with Crippen molar-refractivity contribution in [3.8, 4) is 0 Å². The monoisotopic (exact) mass is 201 g/mol. The van der Waals surface area contributed by atoms with Crippen LogP contribution in [0.15, 0.2) is 42.1 Å². The minimum atomic E-state index is 0.478. The minimum absolute atomic E-state index is 0.478.